The number of carbonyl (C=O) groups excluding carboxylic acids is 2. The average Bonchev–Trinajstić information content (AvgIpc) is 3.11. The molecule has 0 aliphatic rings. The van der Waals surface area contributed by atoms with Gasteiger partial charge in [-0.25, -0.2) is 4.57 Å². The molecule has 9 heteroatoms. The monoisotopic (exact) mass is 753 g/mol. The smallest absolute Gasteiger partial charge is 0.462 e. The topological polar surface area (TPSA) is 119 Å². The number of unbranched alkanes of at least 4 members (excludes halogenated alkanes) is 20. The van der Waals surface area contributed by atoms with E-state index in [1.807, 2.05) is 0 Å². The van der Waals surface area contributed by atoms with Crippen LogP contribution in [0, 0.1) is 0 Å². The second kappa shape index (κ2) is 38.7. The minimum atomic E-state index is -4.76. The largest absolute Gasteiger partial charge is 0.469 e. The molecule has 0 aliphatic heterocycles. The van der Waals surface area contributed by atoms with Gasteiger partial charge in [-0.2, -0.15) is 0 Å². The highest BCUT2D eigenvalue weighted by molar-refractivity contribution is 7.46. The Bertz CT molecular complexity index is 984. The lowest BCUT2D eigenvalue weighted by atomic mass is 10.1. The van der Waals surface area contributed by atoms with Crippen LogP contribution in [0.4, 0.5) is 0 Å². The molecule has 1 atom stereocenters. The van der Waals surface area contributed by atoms with Gasteiger partial charge in [-0.05, 0) is 77.0 Å². The number of allylic oxidation sites excluding steroid dienone is 8. The van der Waals surface area contributed by atoms with Crippen molar-refractivity contribution >= 4 is 19.8 Å². The fraction of sp³-hybridized carbons (Fsp3) is 0.767. The molecule has 302 valence electrons. The minimum Gasteiger partial charge on any atom is -0.462 e. The van der Waals surface area contributed by atoms with E-state index in [9.17, 15) is 14.2 Å². The molecule has 0 amide bonds. The molecule has 0 fully saturated rings. The Hall–Kier alpha value is -1.99. The van der Waals surface area contributed by atoms with Crippen LogP contribution in [0.1, 0.15) is 194 Å². The maximum absolute atomic E-state index is 12.4. The van der Waals surface area contributed by atoms with Crippen LogP contribution in [-0.4, -0.2) is 41.0 Å². The van der Waals surface area contributed by atoms with Crippen LogP contribution in [0.3, 0.4) is 0 Å². The molecule has 0 aliphatic carbocycles. The lowest BCUT2D eigenvalue weighted by molar-refractivity contribution is -0.161. The Labute approximate surface area is 318 Å². The fourth-order valence-corrected chi connectivity index (χ4v) is 6.03. The van der Waals surface area contributed by atoms with E-state index in [0.717, 1.165) is 64.2 Å². The van der Waals surface area contributed by atoms with E-state index in [1.54, 1.807) is 0 Å². The van der Waals surface area contributed by atoms with Gasteiger partial charge in [0.2, 0.25) is 0 Å². The van der Waals surface area contributed by atoms with E-state index >= 15 is 0 Å². The molecule has 1 unspecified atom stereocenters. The van der Waals surface area contributed by atoms with Crippen LogP contribution in [0.5, 0.6) is 0 Å². The summed E-state index contributed by atoms with van der Waals surface area (Å²) in [6, 6.07) is 0. The van der Waals surface area contributed by atoms with E-state index in [2.05, 4.69) is 67.0 Å². The lowest BCUT2D eigenvalue weighted by Crippen LogP contribution is -2.29. The lowest BCUT2D eigenvalue weighted by Gasteiger charge is -2.18. The van der Waals surface area contributed by atoms with Gasteiger partial charge in [-0.15, -0.1) is 0 Å². The standard InChI is InChI=1S/C43H77O8P/c1-3-5-7-9-11-13-15-17-19-21-23-25-27-29-31-33-35-37-42(44)49-39-41(40-50-52(46,47)48)51-43(45)38-36-34-32-30-28-26-24-22-20-18-16-14-12-10-8-6-4-2/h11-14,17-20,41H,3-10,15-16,21-40H2,1-2H3,(H2,46,47,48)/b13-11-,14-12-,19-17-,20-18-. The summed E-state index contributed by atoms with van der Waals surface area (Å²) in [7, 11) is -4.76. The van der Waals surface area contributed by atoms with Crippen LogP contribution in [0.25, 0.3) is 0 Å². The number of hydrogen-bond acceptors (Lipinski definition) is 6. The van der Waals surface area contributed by atoms with Crippen molar-refractivity contribution in [2.24, 2.45) is 0 Å². The van der Waals surface area contributed by atoms with Crippen molar-refractivity contribution in [2.45, 2.75) is 200 Å². The third kappa shape index (κ3) is 40.8. The summed E-state index contributed by atoms with van der Waals surface area (Å²) in [5, 5.41) is 0. The van der Waals surface area contributed by atoms with Crippen molar-refractivity contribution in [3.8, 4) is 0 Å². The van der Waals surface area contributed by atoms with E-state index in [0.29, 0.717) is 12.8 Å². The maximum Gasteiger partial charge on any atom is 0.469 e. The third-order valence-corrected chi connectivity index (χ3v) is 9.31. The number of carbonyl (C=O) groups is 2. The van der Waals surface area contributed by atoms with Gasteiger partial charge in [0, 0.05) is 12.8 Å². The molecule has 0 aromatic heterocycles. The molecule has 0 saturated heterocycles. The summed E-state index contributed by atoms with van der Waals surface area (Å²) >= 11 is 0. The number of esters is 2. The fourth-order valence-electron chi connectivity index (χ4n) is 5.67. The molecule has 0 bridgehead atoms. The van der Waals surface area contributed by atoms with Crippen LogP contribution < -0.4 is 0 Å². The van der Waals surface area contributed by atoms with Gasteiger partial charge in [0.25, 0.3) is 0 Å². The minimum absolute atomic E-state index is 0.200. The highest BCUT2D eigenvalue weighted by Gasteiger charge is 2.22. The maximum atomic E-state index is 12.4. The summed E-state index contributed by atoms with van der Waals surface area (Å²) in [6.07, 6.45) is 46.8. The Morgan fingerprint density at radius 1 is 0.500 bits per heavy atom. The van der Waals surface area contributed by atoms with Crippen molar-refractivity contribution in [1.29, 1.82) is 0 Å². The first-order chi connectivity index (χ1) is 25.3. The Morgan fingerprint density at radius 2 is 0.865 bits per heavy atom. The Kier molecular flexibility index (Phi) is 37.2. The van der Waals surface area contributed by atoms with Crippen molar-refractivity contribution in [3.05, 3.63) is 48.6 Å². The predicted octanol–water partition coefficient (Wildman–Crippen LogP) is 12.7. The van der Waals surface area contributed by atoms with Crippen molar-refractivity contribution in [3.63, 3.8) is 0 Å². The van der Waals surface area contributed by atoms with Crippen molar-refractivity contribution < 1.29 is 37.9 Å². The highest BCUT2D eigenvalue weighted by Crippen LogP contribution is 2.36. The zero-order valence-electron chi connectivity index (χ0n) is 33.2. The second-order valence-corrected chi connectivity index (χ2v) is 15.2. The molecule has 0 radical (unpaired) electrons. The quantitative estimate of drug-likeness (QED) is 0.0277. The first kappa shape index (κ1) is 50.0. The van der Waals surface area contributed by atoms with Crippen molar-refractivity contribution in [1.82, 2.24) is 0 Å². The number of phosphoric acid groups is 1. The molecular formula is C43H77O8P. The van der Waals surface area contributed by atoms with Crippen LogP contribution in [0.2, 0.25) is 0 Å². The molecule has 2 N–H and O–H groups in total. The predicted molar refractivity (Wildman–Crippen MR) is 216 cm³/mol. The van der Waals surface area contributed by atoms with Gasteiger partial charge in [0.05, 0.1) is 6.61 Å². The van der Waals surface area contributed by atoms with Crippen molar-refractivity contribution in [2.75, 3.05) is 13.2 Å². The van der Waals surface area contributed by atoms with E-state index in [-0.39, 0.29) is 19.4 Å². The summed E-state index contributed by atoms with van der Waals surface area (Å²) in [6.45, 7) is 3.62. The van der Waals surface area contributed by atoms with E-state index < -0.39 is 32.5 Å². The third-order valence-electron chi connectivity index (χ3n) is 8.82. The first-order valence-electron chi connectivity index (χ1n) is 20.9. The number of hydrogen-bond donors (Lipinski definition) is 2. The van der Waals surface area contributed by atoms with Crippen LogP contribution in [-0.2, 0) is 28.2 Å². The van der Waals surface area contributed by atoms with Gasteiger partial charge in [-0.1, -0.05) is 152 Å². The van der Waals surface area contributed by atoms with Gasteiger partial charge in [0.1, 0.15) is 6.61 Å². The van der Waals surface area contributed by atoms with E-state index in [1.165, 1.54) is 89.9 Å². The molecule has 0 spiro atoms. The molecule has 52 heavy (non-hydrogen) atoms. The molecule has 0 saturated carbocycles. The Morgan fingerprint density at radius 3 is 1.27 bits per heavy atom. The Balaban J connectivity index is 3.95. The molecule has 0 aromatic carbocycles. The summed E-state index contributed by atoms with van der Waals surface area (Å²) in [5.41, 5.74) is 0. The second-order valence-electron chi connectivity index (χ2n) is 14.0. The highest BCUT2D eigenvalue weighted by atomic mass is 31.2. The summed E-state index contributed by atoms with van der Waals surface area (Å²) < 4.78 is 26.4. The molecule has 0 heterocycles. The van der Waals surface area contributed by atoms with Gasteiger partial charge < -0.3 is 19.3 Å². The van der Waals surface area contributed by atoms with E-state index in [4.69, 9.17) is 19.3 Å². The number of ether oxygens (including phenoxy) is 2. The number of rotatable bonds is 38. The number of phosphoric ester groups is 1. The zero-order valence-corrected chi connectivity index (χ0v) is 34.1. The van der Waals surface area contributed by atoms with Gasteiger partial charge >= 0.3 is 19.8 Å². The molecular weight excluding hydrogens is 675 g/mol. The van der Waals surface area contributed by atoms with Crippen LogP contribution >= 0.6 is 7.82 Å². The molecule has 0 rings (SSSR count). The first-order valence-corrected chi connectivity index (χ1v) is 22.5. The molecule has 8 nitrogen and oxygen atoms in total. The van der Waals surface area contributed by atoms with Gasteiger partial charge in [-0.3, -0.25) is 14.1 Å². The average molecular weight is 753 g/mol. The molecule has 0 aromatic rings. The summed E-state index contributed by atoms with van der Waals surface area (Å²) in [4.78, 5) is 42.8. The normalized spacial score (nSPS) is 12.9. The van der Waals surface area contributed by atoms with Crippen LogP contribution in [0.15, 0.2) is 48.6 Å². The SMILES string of the molecule is CCCCC/C=C\C/C=C\CCCCCCCCCC(=O)OCC(COP(=O)(O)O)OC(=O)CCCCCCCCC/C=C\C/C=C\CCCCC. The zero-order chi connectivity index (χ0) is 38.2. The van der Waals surface area contributed by atoms with Gasteiger partial charge in [0.15, 0.2) is 6.10 Å². The summed E-state index contributed by atoms with van der Waals surface area (Å²) in [5.74, 6) is -0.902.